The lowest BCUT2D eigenvalue weighted by Crippen LogP contribution is -2.39. The molecule has 0 aliphatic rings. The van der Waals surface area contributed by atoms with Crippen molar-refractivity contribution >= 4 is 33.9 Å². The standard InChI is InChI=1S/C15H18BrNO3/c1-10(2)17(9-15(19)20)14(18)7-6-12-5-4-11(3)8-13(12)16/h4-8,10H,9H2,1-3H3,(H,19,20)/b7-6+. The van der Waals surface area contributed by atoms with Gasteiger partial charge < -0.3 is 10.0 Å². The summed E-state index contributed by atoms with van der Waals surface area (Å²) in [7, 11) is 0. The molecular weight excluding hydrogens is 322 g/mol. The first-order valence-corrected chi connectivity index (χ1v) is 7.07. The number of aliphatic carboxylic acids is 1. The van der Waals surface area contributed by atoms with Crippen LogP contribution in [0.15, 0.2) is 28.7 Å². The third-order valence-corrected chi connectivity index (χ3v) is 3.46. The Hall–Kier alpha value is -1.62. The summed E-state index contributed by atoms with van der Waals surface area (Å²) in [5.74, 6) is -1.33. The van der Waals surface area contributed by atoms with Crippen LogP contribution in [-0.4, -0.2) is 34.5 Å². The Labute approximate surface area is 127 Å². The Kier molecular flexibility index (Phi) is 5.95. The topological polar surface area (TPSA) is 57.6 Å². The first-order chi connectivity index (χ1) is 9.31. The van der Waals surface area contributed by atoms with Gasteiger partial charge in [0.25, 0.3) is 0 Å². The van der Waals surface area contributed by atoms with Gasteiger partial charge in [0.15, 0.2) is 0 Å². The second-order valence-corrected chi connectivity index (χ2v) is 5.67. The number of rotatable bonds is 5. The first kappa shape index (κ1) is 16.4. The third-order valence-electron chi connectivity index (χ3n) is 2.77. The minimum absolute atomic E-state index is 0.162. The van der Waals surface area contributed by atoms with Crippen molar-refractivity contribution in [2.75, 3.05) is 6.54 Å². The van der Waals surface area contributed by atoms with Crippen LogP contribution < -0.4 is 0 Å². The first-order valence-electron chi connectivity index (χ1n) is 6.28. The summed E-state index contributed by atoms with van der Waals surface area (Å²) in [6, 6.07) is 5.65. The number of aryl methyl sites for hydroxylation is 1. The molecule has 20 heavy (non-hydrogen) atoms. The Balaban J connectivity index is 2.86. The van der Waals surface area contributed by atoms with Crippen molar-refractivity contribution in [3.05, 3.63) is 39.9 Å². The molecule has 0 atom stereocenters. The van der Waals surface area contributed by atoms with Gasteiger partial charge in [0, 0.05) is 16.6 Å². The van der Waals surface area contributed by atoms with E-state index in [4.69, 9.17) is 5.11 Å². The molecule has 0 fully saturated rings. The molecule has 4 nitrogen and oxygen atoms in total. The number of carbonyl (C=O) groups excluding carboxylic acids is 1. The smallest absolute Gasteiger partial charge is 0.323 e. The van der Waals surface area contributed by atoms with Crippen molar-refractivity contribution in [3.8, 4) is 0 Å². The second-order valence-electron chi connectivity index (χ2n) is 4.81. The molecule has 0 radical (unpaired) electrons. The summed E-state index contributed by atoms with van der Waals surface area (Å²) >= 11 is 3.43. The van der Waals surface area contributed by atoms with Crippen LogP contribution in [0, 0.1) is 6.92 Å². The molecule has 0 heterocycles. The van der Waals surface area contributed by atoms with Crippen LogP contribution in [0.5, 0.6) is 0 Å². The van der Waals surface area contributed by atoms with Crippen LogP contribution in [0.1, 0.15) is 25.0 Å². The number of carbonyl (C=O) groups is 2. The SMILES string of the molecule is Cc1ccc(/C=C/C(=O)N(CC(=O)O)C(C)C)c(Br)c1. The van der Waals surface area contributed by atoms with Gasteiger partial charge in [-0.3, -0.25) is 9.59 Å². The van der Waals surface area contributed by atoms with Crippen LogP contribution in [0.25, 0.3) is 6.08 Å². The molecule has 1 aromatic carbocycles. The highest BCUT2D eigenvalue weighted by Crippen LogP contribution is 2.19. The molecule has 0 saturated heterocycles. The number of carboxylic acid groups (broad SMARTS) is 1. The van der Waals surface area contributed by atoms with Crippen LogP contribution in [0.3, 0.4) is 0 Å². The average Bonchev–Trinajstić information content (AvgIpc) is 2.34. The maximum atomic E-state index is 12.0. The van der Waals surface area contributed by atoms with Gasteiger partial charge in [-0.05, 0) is 44.0 Å². The van der Waals surface area contributed by atoms with Crippen LogP contribution in [0.4, 0.5) is 0 Å². The molecule has 1 amide bonds. The summed E-state index contributed by atoms with van der Waals surface area (Å²) < 4.78 is 0.899. The van der Waals surface area contributed by atoms with Crippen molar-refractivity contribution in [3.63, 3.8) is 0 Å². The van der Waals surface area contributed by atoms with E-state index in [1.807, 2.05) is 25.1 Å². The van der Waals surface area contributed by atoms with Gasteiger partial charge in [-0.1, -0.05) is 28.1 Å². The number of benzene rings is 1. The number of nitrogens with zero attached hydrogens (tertiary/aromatic N) is 1. The van der Waals surface area contributed by atoms with Gasteiger partial charge in [-0.2, -0.15) is 0 Å². The molecule has 1 aromatic rings. The van der Waals surface area contributed by atoms with E-state index in [-0.39, 0.29) is 18.5 Å². The summed E-state index contributed by atoms with van der Waals surface area (Å²) in [5, 5.41) is 8.82. The lowest BCUT2D eigenvalue weighted by molar-refractivity contribution is -0.143. The van der Waals surface area contributed by atoms with Crippen LogP contribution >= 0.6 is 15.9 Å². The molecule has 0 bridgehead atoms. The third kappa shape index (κ3) is 4.81. The van der Waals surface area contributed by atoms with E-state index in [0.29, 0.717) is 0 Å². The minimum atomic E-state index is -1.02. The monoisotopic (exact) mass is 339 g/mol. The van der Waals surface area contributed by atoms with E-state index < -0.39 is 5.97 Å². The highest BCUT2D eigenvalue weighted by atomic mass is 79.9. The van der Waals surface area contributed by atoms with E-state index in [0.717, 1.165) is 15.6 Å². The molecule has 0 aliphatic carbocycles. The molecule has 0 aliphatic heterocycles. The van der Waals surface area contributed by atoms with Crippen LogP contribution in [0.2, 0.25) is 0 Å². The number of amides is 1. The molecular formula is C15H18BrNO3. The fourth-order valence-electron chi connectivity index (χ4n) is 1.68. The summed E-state index contributed by atoms with van der Waals surface area (Å²) in [4.78, 5) is 24.1. The number of carboxylic acids is 1. The Bertz CT molecular complexity index is 538. The predicted octanol–water partition coefficient (Wildman–Crippen LogP) is 3.09. The molecule has 0 unspecified atom stereocenters. The number of halogens is 1. The van der Waals surface area contributed by atoms with Gasteiger partial charge in [0.2, 0.25) is 5.91 Å². The van der Waals surface area contributed by atoms with Crippen molar-refractivity contribution in [2.45, 2.75) is 26.8 Å². The Morgan fingerprint density at radius 2 is 2.05 bits per heavy atom. The summed E-state index contributed by atoms with van der Waals surface area (Å²) in [6.45, 7) is 5.26. The lowest BCUT2D eigenvalue weighted by atomic mass is 10.1. The predicted molar refractivity (Wildman–Crippen MR) is 82.4 cm³/mol. The summed E-state index contributed by atoms with van der Waals surface area (Å²) in [5.41, 5.74) is 2.00. The van der Waals surface area contributed by atoms with Crippen molar-refractivity contribution in [1.82, 2.24) is 4.90 Å². The van der Waals surface area contributed by atoms with Crippen molar-refractivity contribution < 1.29 is 14.7 Å². The Morgan fingerprint density at radius 1 is 1.40 bits per heavy atom. The van der Waals surface area contributed by atoms with E-state index in [1.54, 1.807) is 19.9 Å². The largest absolute Gasteiger partial charge is 0.480 e. The molecule has 5 heteroatoms. The number of hydrogen-bond donors (Lipinski definition) is 1. The zero-order valence-electron chi connectivity index (χ0n) is 11.8. The van der Waals surface area contributed by atoms with Gasteiger partial charge in [0.1, 0.15) is 6.54 Å². The van der Waals surface area contributed by atoms with Gasteiger partial charge in [-0.15, -0.1) is 0 Å². The van der Waals surface area contributed by atoms with Crippen molar-refractivity contribution in [1.29, 1.82) is 0 Å². The highest BCUT2D eigenvalue weighted by Gasteiger charge is 2.17. The van der Waals surface area contributed by atoms with E-state index in [2.05, 4.69) is 15.9 Å². The molecule has 108 valence electrons. The average molecular weight is 340 g/mol. The number of hydrogen-bond acceptors (Lipinski definition) is 2. The Morgan fingerprint density at radius 3 is 2.55 bits per heavy atom. The molecule has 0 spiro atoms. The van der Waals surface area contributed by atoms with E-state index in [1.165, 1.54) is 11.0 Å². The fraction of sp³-hybridized carbons (Fsp3) is 0.333. The fourth-order valence-corrected chi connectivity index (χ4v) is 2.31. The maximum absolute atomic E-state index is 12.0. The quantitative estimate of drug-likeness (QED) is 0.838. The summed E-state index contributed by atoms with van der Waals surface area (Å²) in [6.07, 6.45) is 3.08. The molecule has 1 N–H and O–H groups in total. The van der Waals surface area contributed by atoms with Gasteiger partial charge in [-0.25, -0.2) is 0 Å². The molecule has 1 rings (SSSR count). The zero-order chi connectivity index (χ0) is 15.3. The van der Waals surface area contributed by atoms with E-state index in [9.17, 15) is 9.59 Å². The minimum Gasteiger partial charge on any atom is -0.480 e. The highest BCUT2D eigenvalue weighted by molar-refractivity contribution is 9.10. The lowest BCUT2D eigenvalue weighted by Gasteiger charge is -2.23. The normalized spacial score (nSPS) is 11.1. The van der Waals surface area contributed by atoms with E-state index >= 15 is 0 Å². The molecule has 0 aromatic heterocycles. The van der Waals surface area contributed by atoms with Crippen LogP contribution in [-0.2, 0) is 9.59 Å². The van der Waals surface area contributed by atoms with Crippen molar-refractivity contribution in [2.24, 2.45) is 0 Å². The van der Waals surface area contributed by atoms with Gasteiger partial charge >= 0.3 is 5.97 Å². The molecule has 0 saturated carbocycles. The second kappa shape index (κ2) is 7.24. The maximum Gasteiger partial charge on any atom is 0.323 e. The van der Waals surface area contributed by atoms with Gasteiger partial charge in [0.05, 0.1) is 0 Å². The zero-order valence-corrected chi connectivity index (χ0v) is 13.3.